The second kappa shape index (κ2) is 8.73. The van der Waals surface area contributed by atoms with Crippen LogP contribution >= 0.6 is 23.5 Å². The van der Waals surface area contributed by atoms with Crippen molar-refractivity contribution in [3.8, 4) is 11.1 Å². The van der Waals surface area contributed by atoms with Crippen molar-refractivity contribution in [3.05, 3.63) is 78.1 Å². The van der Waals surface area contributed by atoms with E-state index in [2.05, 4.69) is 70.9 Å². The van der Waals surface area contributed by atoms with Gasteiger partial charge in [0.05, 0.1) is 16.2 Å². The van der Waals surface area contributed by atoms with E-state index in [1.807, 2.05) is 44.3 Å². The van der Waals surface area contributed by atoms with Crippen molar-refractivity contribution >= 4 is 29.6 Å². The van der Waals surface area contributed by atoms with Gasteiger partial charge in [-0.2, -0.15) is 0 Å². The van der Waals surface area contributed by atoms with Crippen molar-refractivity contribution in [3.63, 3.8) is 0 Å². The molecule has 0 bridgehead atoms. The first-order valence-corrected chi connectivity index (χ1v) is 13.7. The van der Waals surface area contributed by atoms with Gasteiger partial charge in [-0.05, 0) is 61.1 Å². The first kappa shape index (κ1) is 22.9. The molecule has 2 aromatic carbocycles. The van der Waals surface area contributed by atoms with Crippen LogP contribution in [-0.2, 0) is 0 Å². The SMILES string of the molecule is CSC(C)(O)C1NC=CN1C1SC1/C=C/c1ccc(-c2ccc(C3CC(C)(O)C3)cc2)cc1. The normalized spacial score (nSPS) is 32.5. The smallest absolute Gasteiger partial charge is 0.146 e. The van der Waals surface area contributed by atoms with E-state index in [0.29, 0.717) is 16.5 Å². The molecule has 33 heavy (non-hydrogen) atoms. The molecule has 2 heterocycles. The minimum Gasteiger partial charge on any atom is -0.390 e. The molecular weight excluding hydrogens is 448 g/mol. The fourth-order valence-electron chi connectivity index (χ4n) is 4.84. The molecule has 2 fully saturated rings. The van der Waals surface area contributed by atoms with E-state index in [1.165, 1.54) is 34.0 Å². The van der Waals surface area contributed by atoms with Gasteiger partial charge in [-0.1, -0.05) is 60.7 Å². The molecule has 1 saturated carbocycles. The highest BCUT2D eigenvalue weighted by Gasteiger charge is 2.48. The maximum Gasteiger partial charge on any atom is 0.146 e. The molecule has 3 aliphatic rings. The quantitative estimate of drug-likeness (QED) is 0.374. The van der Waals surface area contributed by atoms with Crippen molar-refractivity contribution in [2.75, 3.05) is 6.26 Å². The van der Waals surface area contributed by atoms with Crippen LogP contribution in [0.4, 0.5) is 0 Å². The molecule has 174 valence electrons. The molecule has 2 aromatic rings. The summed E-state index contributed by atoms with van der Waals surface area (Å²) in [5.41, 5.74) is 4.47. The highest BCUT2D eigenvalue weighted by Crippen LogP contribution is 2.48. The molecule has 4 atom stereocenters. The van der Waals surface area contributed by atoms with E-state index in [0.717, 1.165) is 12.8 Å². The summed E-state index contributed by atoms with van der Waals surface area (Å²) in [6, 6.07) is 17.5. The summed E-state index contributed by atoms with van der Waals surface area (Å²) in [5.74, 6) is 0.486. The lowest BCUT2D eigenvalue weighted by atomic mass is 9.69. The summed E-state index contributed by atoms with van der Waals surface area (Å²) in [7, 11) is 0. The molecule has 4 nitrogen and oxygen atoms in total. The Labute approximate surface area is 205 Å². The third-order valence-electron chi connectivity index (χ3n) is 6.99. The van der Waals surface area contributed by atoms with Crippen molar-refractivity contribution in [1.29, 1.82) is 0 Å². The van der Waals surface area contributed by atoms with Crippen LogP contribution in [0.2, 0.25) is 0 Å². The Morgan fingerprint density at radius 3 is 2.36 bits per heavy atom. The fourth-order valence-corrected chi connectivity index (χ4v) is 6.22. The average Bonchev–Trinajstić information content (AvgIpc) is 3.39. The average molecular weight is 481 g/mol. The maximum absolute atomic E-state index is 10.6. The topological polar surface area (TPSA) is 55.7 Å². The molecule has 0 aromatic heterocycles. The van der Waals surface area contributed by atoms with Crippen LogP contribution in [0, 0.1) is 0 Å². The Hall–Kier alpha value is -1.86. The van der Waals surface area contributed by atoms with Gasteiger partial charge in [0.2, 0.25) is 0 Å². The molecule has 4 unspecified atom stereocenters. The standard InChI is InChI=1S/C27H32N2O2S2/c1-26(30)16-22(17-26)21-11-9-20(10-12-21)19-7-4-18(5-8-19)6-13-23-24(33-23)29-15-14-28-25(29)27(2,31)32-3/h4-15,22-25,28,30-31H,16-17H2,1-3H3/b13-6+. The van der Waals surface area contributed by atoms with Crippen LogP contribution in [0.15, 0.2) is 67.0 Å². The minimum atomic E-state index is -0.841. The van der Waals surface area contributed by atoms with E-state index in [1.54, 1.807) is 0 Å². The molecule has 0 radical (unpaired) electrons. The minimum absolute atomic E-state index is 0.105. The number of nitrogens with zero attached hydrogens (tertiary/aromatic N) is 1. The van der Waals surface area contributed by atoms with Crippen LogP contribution < -0.4 is 5.32 Å². The summed E-state index contributed by atoms with van der Waals surface area (Å²) in [4.78, 5) is 1.39. The zero-order valence-electron chi connectivity index (χ0n) is 19.3. The van der Waals surface area contributed by atoms with Crippen LogP contribution in [-0.4, -0.2) is 48.7 Å². The fraction of sp³-hybridized carbons (Fsp3) is 0.407. The highest BCUT2D eigenvalue weighted by atomic mass is 32.2. The third-order valence-corrected chi connectivity index (χ3v) is 9.27. The Balaban J connectivity index is 1.18. The van der Waals surface area contributed by atoms with Gasteiger partial charge in [-0.15, -0.1) is 23.5 Å². The lowest BCUT2D eigenvalue weighted by molar-refractivity contribution is -0.0313. The summed E-state index contributed by atoms with van der Waals surface area (Å²) >= 11 is 3.37. The van der Waals surface area contributed by atoms with Crippen molar-refractivity contribution in [1.82, 2.24) is 10.2 Å². The van der Waals surface area contributed by atoms with Gasteiger partial charge >= 0.3 is 0 Å². The van der Waals surface area contributed by atoms with Crippen molar-refractivity contribution < 1.29 is 10.2 Å². The maximum atomic E-state index is 10.6. The number of rotatable bonds is 7. The predicted octanol–water partition coefficient (Wildman–Crippen LogP) is 5.21. The van der Waals surface area contributed by atoms with Crippen LogP contribution in [0.1, 0.15) is 43.7 Å². The first-order valence-electron chi connectivity index (χ1n) is 11.5. The number of nitrogens with one attached hydrogen (secondary N) is 1. The zero-order chi connectivity index (χ0) is 23.2. The lowest BCUT2D eigenvalue weighted by Crippen LogP contribution is -2.52. The summed E-state index contributed by atoms with van der Waals surface area (Å²) in [5, 5.41) is 24.7. The largest absolute Gasteiger partial charge is 0.390 e. The third kappa shape index (κ3) is 4.85. The molecular formula is C27H32N2O2S2. The Bertz CT molecular complexity index is 1040. The van der Waals surface area contributed by atoms with Crippen LogP contribution in [0.3, 0.4) is 0 Å². The lowest BCUT2D eigenvalue weighted by Gasteiger charge is -2.41. The number of hydrogen-bond donors (Lipinski definition) is 3. The van der Waals surface area contributed by atoms with Crippen LogP contribution in [0.5, 0.6) is 0 Å². The molecule has 1 aliphatic carbocycles. The van der Waals surface area contributed by atoms with Gasteiger partial charge < -0.3 is 20.4 Å². The molecule has 0 amide bonds. The molecule has 0 spiro atoms. The number of benzene rings is 2. The Kier molecular flexibility index (Phi) is 6.06. The predicted molar refractivity (Wildman–Crippen MR) is 141 cm³/mol. The van der Waals surface area contributed by atoms with Gasteiger partial charge in [-0.25, -0.2) is 0 Å². The van der Waals surface area contributed by atoms with Crippen molar-refractivity contribution in [2.45, 2.75) is 59.9 Å². The first-order chi connectivity index (χ1) is 15.8. The highest BCUT2D eigenvalue weighted by molar-refractivity contribution is 8.07. The van der Waals surface area contributed by atoms with E-state index in [9.17, 15) is 10.2 Å². The van der Waals surface area contributed by atoms with E-state index >= 15 is 0 Å². The van der Waals surface area contributed by atoms with E-state index < -0.39 is 10.5 Å². The molecule has 5 rings (SSSR count). The second-order valence-electron chi connectivity index (χ2n) is 9.79. The van der Waals surface area contributed by atoms with Gasteiger partial charge in [-0.3, -0.25) is 0 Å². The Morgan fingerprint density at radius 1 is 1.12 bits per heavy atom. The number of thioether (sulfide) groups is 2. The molecule has 2 aliphatic heterocycles. The summed E-state index contributed by atoms with van der Waals surface area (Å²) in [6.45, 7) is 3.78. The zero-order valence-corrected chi connectivity index (χ0v) is 20.9. The van der Waals surface area contributed by atoms with E-state index in [-0.39, 0.29) is 6.17 Å². The molecule has 6 heteroatoms. The van der Waals surface area contributed by atoms with Gasteiger partial charge in [0.1, 0.15) is 11.1 Å². The monoisotopic (exact) mass is 480 g/mol. The van der Waals surface area contributed by atoms with Crippen molar-refractivity contribution in [2.24, 2.45) is 0 Å². The molecule has 1 saturated heterocycles. The van der Waals surface area contributed by atoms with Gasteiger partial charge in [0.15, 0.2) is 0 Å². The second-order valence-corrected chi connectivity index (χ2v) is 12.3. The van der Waals surface area contributed by atoms with Gasteiger partial charge in [0.25, 0.3) is 0 Å². The summed E-state index contributed by atoms with van der Waals surface area (Å²) < 4.78 is 0. The Morgan fingerprint density at radius 2 is 1.76 bits per heavy atom. The van der Waals surface area contributed by atoms with E-state index in [4.69, 9.17) is 0 Å². The summed E-state index contributed by atoms with van der Waals surface area (Å²) in [6.07, 6.45) is 12.0. The molecule has 3 N–H and O–H groups in total. The number of hydrogen-bond acceptors (Lipinski definition) is 6. The van der Waals surface area contributed by atoms with Crippen LogP contribution in [0.25, 0.3) is 17.2 Å². The number of aliphatic hydroxyl groups is 2. The van der Waals surface area contributed by atoms with Gasteiger partial charge in [0, 0.05) is 12.4 Å².